The van der Waals surface area contributed by atoms with Gasteiger partial charge in [0.15, 0.2) is 0 Å². The molecule has 0 atom stereocenters. The summed E-state index contributed by atoms with van der Waals surface area (Å²) in [6, 6.07) is 5.46. The van der Waals surface area contributed by atoms with E-state index < -0.39 is 28.5 Å². The molecule has 168 valence electrons. The minimum absolute atomic E-state index is 0. The summed E-state index contributed by atoms with van der Waals surface area (Å²) in [5.74, 6) is 0. The van der Waals surface area contributed by atoms with E-state index >= 15 is 0 Å². The van der Waals surface area contributed by atoms with Crippen LogP contribution in [0.2, 0.25) is 0 Å². The molecule has 0 aliphatic heterocycles. The van der Waals surface area contributed by atoms with Gasteiger partial charge < -0.3 is 40.2 Å². The molecule has 0 saturated heterocycles. The first-order valence-corrected chi connectivity index (χ1v) is 8.46. The molecule has 4 aromatic heterocycles. The van der Waals surface area contributed by atoms with Gasteiger partial charge in [-0.15, -0.1) is 0 Å². The fourth-order valence-corrected chi connectivity index (χ4v) is 1.59. The van der Waals surface area contributed by atoms with E-state index in [1.807, 2.05) is 0 Å². The Bertz CT molecular complexity index is 783. The molecule has 40 heavy (non-hydrogen) atoms. The minimum Gasteiger partial charge on any atom is -0.888 e. The van der Waals surface area contributed by atoms with Crippen molar-refractivity contribution < 1.29 is 451 Å². The number of hydrogen-bond acceptors (Lipinski definition) is 12. The van der Waals surface area contributed by atoms with E-state index in [1.54, 1.807) is 0 Å². The zero-order valence-corrected chi connectivity index (χ0v) is 49.0. The van der Waals surface area contributed by atoms with Crippen LogP contribution in [0.3, 0.4) is 0 Å². The van der Waals surface area contributed by atoms with Crippen LogP contribution >= 0.6 is 0 Å². The molecular weight excluding hydrogens is 740 g/mol. The second-order valence-electron chi connectivity index (χ2n) is 5.38. The molecule has 4 rings (SSSR count). The standard InChI is InChI=1S/4C3H3BN2O2.8K/c4*7-4(8)3-1-2-5-6-3;;;;;;;;/h4*1-2H,(H,5,6);;;;;;;;/q4*-2;8*+1. The predicted octanol–water partition coefficient (Wildman–Crippen LogP) is -36.7. The number of nitrogens with one attached hydrogen (secondary N) is 4. The summed E-state index contributed by atoms with van der Waals surface area (Å²) in [6.45, 7) is 0. The van der Waals surface area contributed by atoms with Crippen LogP contribution in [0.25, 0.3) is 0 Å². The number of aromatic amines is 4. The quantitative estimate of drug-likeness (QED) is 0.141. The number of aromatic nitrogens is 8. The Morgan fingerprint density at radius 1 is 0.350 bits per heavy atom. The van der Waals surface area contributed by atoms with Crippen molar-refractivity contribution in [3.8, 4) is 0 Å². The monoisotopic (exact) mass is 752 g/mol. The van der Waals surface area contributed by atoms with Crippen LogP contribution in [0.15, 0.2) is 49.1 Å². The summed E-state index contributed by atoms with van der Waals surface area (Å²) in [5.41, 5.74) is 0.352. The van der Waals surface area contributed by atoms with Gasteiger partial charge in [0.05, 0.1) is 0 Å². The summed E-state index contributed by atoms with van der Waals surface area (Å²) in [4.78, 5) is 0. The topological polar surface area (TPSA) is 299 Å². The normalized spacial score (nSPS) is 7.40. The Morgan fingerprint density at radius 2 is 0.500 bits per heavy atom. The minimum atomic E-state index is -1.93. The van der Waals surface area contributed by atoms with Crippen LogP contribution in [-0.2, 0) is 0 Å². The number of H-pyrrole nitrogens is 4. The molecule has 0 spiro atoms. The summed E-state index contributed by atoms with van der Waals surface area (Å²) >= 11 is 0. The van der Waals surface area contributed by atoms with Gasteiger partial charge in [-0.3, -0.25) is 20.4 Å². The van der Waals surface area contributed by atoms with Crippen molar-refractivity contribution in [3.63, 3.8) is 0 Å². The maximum Gasteiger partial charge on any atom is 1.00 e. The van der Waals surface area contributed by atoms with Gasteiger partial charge in [0, 0.05) is 24.8 Å². The Balaban J connectivity index is -0.0000000533. The van der Waals surface area contributed by atoms with Gasteiger partial charge in [0.1, 0.15) is 0 Å². The molecule has 28 heteroatoms. The van der Waals surface area contributed by atoms with Crippen LogP contribution in [-0.4, -0.2) is 69.3 Å². The van der Waals surface area contributed by atoms with E-state index in [0.717, 1.165) is 0 Å². The molecule has 0 saturated carbocycles. The third-order valence-corrected chi connectivity index (χ3v) is 3.10. The van der Waals surface area contributed by atoms with E-state index in [4.69, 9.17) is 0 Å². The zero-order valence-electron chi connectivity index (χ0n) is 24.0. The Labute approximate surface area is 573 Å². The third kappa shape index (κ3) is 36.2. The fraction of sp³-hybridized carbons (Fsp3) is 0. The second kappa shape index (κ2) is 45.0. The van der Waals surface area contributed by atoms with Crippen LogP contribution in [0.4, 0.5) is 0 Å². The van der Waals surface area contributed by atoms with Crippen molar-refractivity contribution in [2.75, 3.05) is 0 Å². The maximum absolute atomic E-state index is 9.96. The van der Waals surface area contributed by atoms with E-state index in [1.165, 1.54) is 49.1 Å². The van der Waals surface area contributed by atoms with Crippen molar-refractivity contribution in [2.24, 2.45) is 0 Å². The third-order valence-electron chi connectivity index (χ3n) is 3.10. The summed E-state index contributed by atoms with van der Waals surface area (Å²) in [7, 11) is -7.73. The van der Waals surface area contributed by atoms with Crippen molar-refractivity contribution in [1.82, 2.24) is 40.8 Å². The van der Waals surface area contributed by atoms with Crippen LogP contribution < -0.4 is 474 Å². The Hall–Kier alpha value is 9.87. The van der Waals surface area contributed by atoms with Gasteiger partial charge in [0.25, 0.3) is 0 Å². The first-order chi connectivity index (χ1) is 15.2. The molecule has 4 N–H and O–H groups in total. The number of hydrogen-bond donors (Lipinski definition) is 4. The summed E-state index contributed by atoms with van der Waals surface area (Å²) in [5, 5.41) is 102. The molecule has 0 bridgehead atoms. The van der Waals surface area contributed by atoms with Crippen LogP contribution in [0.1, 0.15) is 0 Å². The molecule has 0 unspecified atom stereocenters. The molecule has 0 aromatic carbocycles. The molecule has 16 nitrogen and oxygen atoms in total. The molecule has 0 aliphatic carbocycles. The average Bonchev–Trinajstić information content (AvgIpc) is 3.56. The van der Waals surface area contributed by atoms with E-state index in [2.05, 4.69) is 40.8 Å². The van der Waals surface area contributed by atoms with Gasteiger partial charge >= 0.3 is 411 Å². The first kappa shape index (κ1) is 67.9. The maximum atomic E-state index is 9.96. The SMILES string of the molecule is [K+].[K+].[K+].[K+].[K+].[K+].[K+].[K+].[O-]B([O-])c1ccn[nH]1.[O-]B([O-])c1ccn[nH]1.[O-]B([O-])c1ccn[nH]1.[O-]B([O-])c1ccn[nH]1. The largest absolute Gasteiger partial charge is 1.00 e. The Morgan fingerprint density at radius 3 is 0.550 bits per heavy atom. The second-order valence-corrected chi connectivity index (χ2v) is 5.38. The predicted molar refractivity (Wildman–Crippen MR) is 95.9 cm³/mol. The molecule has 0 aliphatic rings. The van der Waals surface area contributed by atoms with Gasteiger partial charge in [-0.05, 0) is 75.1 Å². The van der Waals surface area contributed by atoms with Crippen molar-refractivity contribution in [2.45, 2.75) is 0 Å². The van der Waals surface area contributed by atoms with Gasteiger partial charge in [0.2, 0.25) is 0 Å². The van der Waals surface area contributed by atoms with Crippen molar-refractivity contribution in [3.05, 3.63) is 49.1 Å². The molecule has 4 heterocycles. The van der Waals surface area contributed by atoms with Crippen molar-refractivity contribution >= 4 is 50.8 Å². The summed E-state index contributed by atoms with van der Waals surface area (Å²) in [6.07, 6.45) is 5.49. The van der Waals surface area contributed by atoms with Crippen molar-refractivity contribution in [1.29, 1.82) is 0 Å². The van der Waals surface area contributed by atoms with E-state index in [-0.39, 0.29) is 433 Å². The van der Waals surface area contributed by atoms with Gasteiger partial charge in [-0.25, -0.2) is 0 Å². The molecule has 0 radical (unpaired) electrons. The number of nitrogens with zero attached hydrogens (tertiary/aromatic N) is 4. The molecular formula is C12H12B4K8N8O8. The molecule has 4 aromatic rings. The zero-order chi connectivity index (χ0) is 23.9. The van der Waals surface area contributed by atoms with Crippen LogP contribution in [0.5, 0.6) is 0 Å². The fourth-order valence-electron chi connectivity index (χ4n) is 1.59. The molecule has 0 amide bonds. The summed E-state index contributed by atoms with van der Waals surface area (Å²) < 4.78 is 0. The van der Waals surface area contributed by atoms with E-state index in [9.17, 15) is 40.2 Å². The number of rotatable bonds is 4. The Kier molecular flexibility index (Phi) is 76.5. The first-order valence-electron chi connectivity index (χ1n) is 8.46. The van der Waals surface area contributed by atoms with Gasteiger partial charge in [-0.2, -0.15) is 20.4 Å². The average molecular weight is 752 g/mol. The van der Waals surface area contributed by atoms with Gasteiger partial charge in [-0.1, -0.05) is 0 Å². The smallest absolute Gasteiger partial charge is 0.888 e. The van der Waals surface area contributed by atoms with Crippen LogP contribution in [0, 0.1) is 0 Å². The molecule has 0 fully saturated rings. The van der Waals surface area contributed by atoms with E-state index in [0.29, 0.717) is 0 Å².